The van der Waals surface area contributed by atoms with Crippen molar-refractivity contribution >= 4 is 0 Å². The lowest BCUT2D eigenvalue weighted by molar-refractivity contribution is 0.408. The Morgan fingerprint density at radius 1 is 1.25 bits per heavy atom. The van der Waals surface area contributed by atoms with Crippen molar-refractivity contribution in [3.63, 3.8) is 0 Å². The van der Waals surface area contributed by atoms with Crippen LogP contribution in [0.5, 0.6) is 5.75 Å². The first-order valence-electron chi connectivity index (χ1n) is 6.00. The van der Waals surface area contributed by atoms with Crippen LogP contribution in [0, 0.1) is 19.8 Å². The minimum Gasteiger partial charge on any atom is -0.496 e. The van der Waals surface area contributed by atoms with Crippen molar-refractivity contribution in [3.05, 3.63) is 28.8 Å². The van der Waals surface area contributed by atoms with Gasteiger partial charge in [0.25, 0.3) is 0 Å². The Morgan fingerprint density at radius 2 is 1.88 bits per heavy atom. The zero-order valence-electron chi connectivity index (χ0n) is 10.6. The van der Waals surface area contributed by atoms with Gasteiger partial charge in [0, 0.05) is 6.04 Å². The Morgan fingerprint density at radius 3 is 2.31 bits per heavy atom. The molecule has 0 radical (unpaired) electrons. The third kappa shape index (κ3) is 2.07. The average Bonchev–Trinajstić information content (AvgIpc) is 2.64. The summed E-state index contributed by atoms with van der Waals surface area (Å²) in [4.78, 5) is 0. The van der Waals surface area contributed by atoms with Crippen LogP contribution in [0.2, 0.25) is 0 Å². The van der Waals surface area contributed by atoms with E-state index in [1.807, 2.05) is 0 Å². The summed E-state index contributed by atoms with van der Waals surface area (Å²) in [6.07, 6.45) is 1.24. The molecule has 16 heavy (non-hydrogen) atoms. The fraction of sp³-hybridized carbons (Fsp3) is 0.571. The average molecular weight is 219 g/mol. The van der Waals surface area contributed by atoms with E-state index in [1.165, 1.54) is 23.1 Å². The van der Waals surface area contributed by atoms with Crippen LogP contribution in [0.1, 0.15) is 36.1 Å². The van der Waals surface area contributed by atoms with Crippen molar-refractivity contribution in [3.8, 4) is 5.75 Å². The number of hydrogen-bond acceptors (Lipinski definition) is 2. The fourth-order valence-electron chi connectivity index (χ4n) is 2.67. The third-order valence-corrected chi connectivity index (χ3v) is 3.44. The van der Waals surface area contributed by atoms with Crippen molar-refractivity contribution in [2.45, 2.75) is 33.2 Å². The predicted octanol–water partition coefficient (Wildman–Crippen LogP) is 2.98. The molecule has 1 saturated heterocycles. The minimum atomic E-state index is 0.526. The van der Waals surface area contributed by atoms with Crippen LogP contribution < -0.4 is 10.1 Å². The molecule has 2 heteroatoms. The summed E-state index contributed by atoms with van der Waals surface area (Å²) in [5, 5.41) is 3.57. The number of nitrogens with one attached hydrogen (secondary N) is 1. The molecule has 2 atom stereocenters. The lowest BCUT2D eigenvalue weighted by Gasteiger charge is -2.15. The van der Waals surface area contributed by atoms with E-state index in [0.717, 1.165) is 18.2 Å². The summed E-state index contributed by atoms with van der Waals surface area (Å²) in [5.41, 5.74) is 3.87. The molecule has 0 amide bonds. The molecule has 0 aliphatic carbocycles. The third-order valence-electron chi connectivity index (χ3n) is 3.44. The summed E-state index contributed by atoms with van der Waals surface area (Å²) in [7, 11) is 1.74. The minimum absolute atomic E-state index is 0.526. The second-order valence-corrected chi connectivity index (χ2v) is 4.99. The highest BCUT2D eigenvalue weighted by molar-refractivity contribution is 5.44. The first kappa shape index (κ1) is 11.5. The summed E-state index contributed by atoms with van der Waals surface area (Å²) < 4.78 is 5.39. The van der Waals surface area contributed by atoms with Crippen LogP contribution in [-0.2, 0) is 0 Å². The lowest BCUT2D eigenvalue weighted by atomic mass is 9.97. The second-order valence-electron chi connectivity index (χ2n) is 4.99. The first-order valence-corrected chi connectivity index (χ1v) is 6.00. The van der Waals surface area contributed by atoms with Gasteiger partial charge in [-0.15, -0.1) is 0 Å². The first-order chi connectivity index (χ1) is 7.61. The Bertz CT molecular complexity index is 363. The fourth-order valence-corrected chi connectivity index (χ4v) is 2.67. The van der Waals surface area contributed by atoms with E-state index in [0.29, 0.717) is 6.04 Å². The van der Waals surface area contributed by atoms with E-state index in [9.17, 15) is 0 Å². The quantitative estimate of drug-likeness (QED) is 0.825. The highest BCUT2D eigenvalue weighted by Gasteiger charge is 2.22. The van der Waals surface area contributed by atoms with Gasteiger partial charge in [0.1, 0.15) is 5.75 Å². The molecule has 0 saturated carbocycles. The van der Waals surface area contributed by atoms with E-state index in [1.54, 1.807) is 7.11 Å². The SMILES string of the molecule is COc1c(C)cc([C@H]2C[C@@H](C)CN2)cc1C. The van der Waals surface area contributed by atoms with E-state index in [4.69, 9.17) is 4.74 Å². The van der Waals surface area contributed by atoms with Gasteiger partial charge in [0.2, 0.25) is 0 Å². The molecule has 1 fully saturated rings. The van der Waals surface area contributed by atoms with Gasteiger partial charge >= 0.3 is 0 Å². The zero-order chi connectivity index (χ0) is 11.7. The molecule has 2 rings (SSSR count). The number of rotatable bonds is 2. The predicted molar refractivity (Wildman–Crippen MR) is 67.0 cm³/mol. The van der Waals surface area contributed by atoms with Crippen molar-refractivity contribution in [2.75, 3.05) is 13.7 Å². The Balaban J connectivity index is 2.29. The second kappa shape index (κ2) is 4.46. The molecule has 0 spiro atoms. The Hall–Kier alpha value is -1.02. The molecule has 0 bridgehead atoms. The molecule has 1 aromatic carbocycles. The topological polar surface area (TPSA) is 21.3 Å². The summed E-state index contributed by atoms with van der Waals surface area (Å²) >= 11 is 0. The molecule has 0 unspecified atom stereocenters. The Kier molecular flexibility index (Phi) is 3.20. The maximum Gasteiger partial charge on any atom is 0.124 e. The van der Waals surface area contributed by atoms with E-state index in [-0.39, 0.29) is 0 Å². The summed E-state index contributed by atoms with van der Waals surface area (Å²) in [6.45, 7) is 7.67. The largest absolute Gasteiger partial charge is 0.496 e. The molecule has 1 aliphatic heterocycles. The number of hydrogen-bond donors (Lipinski definition) is 1. The molecule has 88 valence electrons. The van der Waals surface area contributed by atoms with Crippen LogP contribution in [0.25, 0.3) is 0 Å². The van der Waals surface area contributed by atoms with Gasteiger partial charge in [-0.3, -0.25) is 0 Å². The van der Waals surface area contributed by atoms with Crippen molar-refractivity contribution in [1.29, 1.82) is 0 Å². The highest BCUT2D eigenvalue weighted by Crippen LogP contribution is 2.32. The summed E-state index contributed by atoms with van der Waals surface area (Å²) in [5.74, 6) is 1.81. The molecule has 2 nitrogen and oxygen atoms in total. The molecule has 1 heterocycles. The van der Waals surface area contributed by atoms with Crippen LogP contribution in [0.3, 0.4) is 0 Å². The monoisotopic (exact) mass is 219 g/mol. The van der Waals surface area contributed by atoms with Crippen molar-refractivity contribution in [1.82, 2.24) is 5.32 Å². The van der Waals surface area contributed by atoms with Crippen LogP contribution in [-0.4, -0.2) is 13.7 Å². The number of aryl methyl sites for hydroxylation is 2. The molecular formula is C14H21NO. The molecular weight excluding hydrogens is 198 g/mol. The maximum atomic E-state index is 5.39. The Labute approximate surface area is 98.0 Å². The zero-order valence-corrected chi connectivity index (χ0v) is 10.6. The van der Waals surface area contributed by atoms with E-state index >= 15 is 0 Å². The van der Waals surface area contributed by atoms with Crippen LogP contribution >= 0.6 is 0 Å². The van der Waals surface area contributed by atoms with Crippen LogP contribution in [0.15, 0.2) is 12.1 Å². The van der Waals surface area contributed by atoms with Crippen molar-refractivity contribution < 1.29 is 4.74 Å². The van der Waals surface area contributed by atoms with Gasteiger partial charge in [-0.2, -0.15) is 0 Å². The van der Waals surface area contributed by atoms with Gasteiger partial charge < -0.3 is 10.1 Å². The standard InChI is InChI=1S/C14H21NO/c1-9-5-13(15-8-9)12-6-10(2)14(16-4)11(3)7-12/h6-7,9,13,15H,5,8H2,1-4H3/t9-,13-/m1/s1. The number of ether oxygens (including phenoxy) is 1. The molecule has 1 aromatic rings. The van der Waals surface area contributed by atoms with Crippen molar-refractivity contribution in [2.24, 2.45) is 5.92 Å². The maximum absolute atomic E-state index is 5.39. The van der Waals surface area contributed by atoms with E-state index in [2.05, 4.69) is 38.2 Å². The van der Waals surface area contributed by atoms with Gasteiger partial charge in [-0.1, -0.05) is 19.1 Å². The summed E-state index contributed by atoms with van der Waals surface area (Å²) in [6, 6.07) is 5.03. The smallest absolute Gasteiger partial charge is 0.124 e. The van der Waals surface area contributed by atoms with Gasteiger partial charge in [0.15, 0.2) is 0 Å². The lowest BCUT2D eigenvalue weighted by Crippen LogP contribution is -2.13. The number of methoxy groups -OCH3 is 1. The van der Waals surface area contributed by atoms with E-state index < -0.39 is 0 Å². The molecule has 1 aliphatic rings. The molecule has 0 aromatic heterocycles. The van der Waals surface area contributed by atoms with Gasteiger partial charge in [0.05, 0.1) is 7.11 Å². The van der Waals surface area contributed by atoms with Crippen LogP contribution in [0.4, 0.5) is 0 Å². The van der Waals surface area contributed by atoms with Gasteiger partial charge in [-0.25, -0.2) is 0 Å². The molecule has 1 N–H and O–H groups in total. The normalized spacial score (nSPS) is 24.8. The van der Waals surface area contributed by atoms with Gasteiger partial charge in [-0.05, 0) is 49.4 Å². The number of benzene rings is 1. The highest BCUT2D eigenvalue weighted by atomic mass is 16.5.